The predicted octanol–water partition coefficient (Wildman–Crippen LogP) is 1.98. The average molecular weight is 266 g/mol. The SMILES string of the molecule is O=C1NCCN[C@@H]1Cc1cccc(-c2ccccc2)c1. The fraction of sp³-hybridized carbons (Fsp3) is 0.235. The highest BCUT2D eigenvalue weighted by molar-refractivity contribution is 5.82. The largest absolute Gasteiger partial charge is 0.353 e. The summed E-state index contributed by atoms with van der Waals surface area (Å²) in [7, 11) is 0. The molecule has 2 aromatic carbocycles. The monoisotopic (exact) mass is 266 g/mol. The third-order valence-electron chi connectivity index (χ3n) is 3.61. The molecule has 1 atom stereocenters. The first-order chi connectivity index (χ1) is 9.83. The summed E-state index contributed by atoms with van der Waals surface area (Å²) in [6.45, 7) is 1.56. The van der Waals surface area contributed by atoms with Crippen molar-refractivity contribution in [3.63, 3.8) is 0 Å². The highest BCUT2D eigenvalue weighted by Gasteiger charge is 2.21. The van der Waals surface area contributed by atoms with Crippen LogP contribution < -0.4 is 10.6 Å². The Hall–Kier alpha value is -2.13. The minimum absolute atomic E-state index is 0.0985. The molecule has 3 heteroatoms. The molecule has 1 heterocycles. The molecular weight excluding hydrogens is 248 g/mol. The molecule has 1 aliphatic heterocycles. The van der Waals surface area contributed by atoms with Crippen LogP contribution in [-0.4, -0.2) is 25.0 Å². The van der Waals surface area contributed by atoms with Crippen molar-refractivity contribution in [2.45, 2.75) is 12.5 Å². The normalized spacial score (nSPS) is 18.6. The van der Waals surface area contributed by atoms with Crippen LogP contribution in [0.25, 0.3) is 11.1 Å². The molecule has 2 aromatic rings. The maximum atomic E-state index is 11.8. The number of nitrogens with one attached hydrogen (secondary N) is 2. The summed E-state index contributed by atoms with van der Waals surface area (Å²) in [5.74, 6) is 0.0985. The molecule has 0 radical (unpaired) electrons. The van der Waals surface area contributed by atoms with Crippen LogP contribution in [-0.2, 0) is 11.2 Å². The summed E-state index contributed by atoms with van der Waals surface area (Å²) in [4.78, 5) is 11.8. The zero-order valence-electron chi connectivity index (χ0n) is 11.3. The number of carbonyl (C=O) groups excluding carboxylic acids is 1. The van der Waals surface area contributed by atoms with Crippen molar-refractivity contribution in [3.05, 3.63) is 60.2 Å². The Labute approximate surface area is 119 Å². The molecule has 20 heavy (non-hydrogen) atoms. The van der Waals surface area contributed by atoms with Gasteiger partial charge in [-0.1, -0.05) is 54.6 Å². The molecule has 0 spiro atoms. The lowest BCUT2D eigenvalue weighted by molar-refractivity contribution is -0.124. The number of hydrogen-bond acceptors (Lipinski definition) is 2. The second kappa shape index (κ2) is 5.88. The van der Waals surface area contributed by atoms with Gasteiger partial charge in [0, 0.05) is 13.1 Å². The minimum Gasteiger partial charge on any atom is -0.353 e. The molecule has 1 aliphatic rings. The summed E-state index contributed by atoms with van der Waals surface area (Å²) in [6, 6.07) is 18.6. The molecule has 102 valence electrons. The van der Waals surface area contributed by atoms with Gasteiger partial charge in [-0.15, -0.1) is 0 Å². The molecule has 0 saturated carbocycles. The molecule has 1 amide bonds. The second-order valence-electron chi connectivity index (χ2n) is 5.07. The number of rotatable bonds is 3. The van der Waals surface area contributed by atoms with Crippen molar-refractivity contribution in [1.29, 1.82) is 0 Å². The molecule has 0 aliphatic carbocycles. The van der Waals surface area contributed by atoms with E-state index in [2.05, 4.69) is 47.0 Å². The van der Waals surface area contributed by atoms with Crippen LogP contribution in [0.3, 0.4) is 0 Å². The van der Waals surface area contributed by atoms with E-state index in [0.29, 0.717) is 0 Å². The highest BCUT2D eigenvalue weighted by Crippen LogP contribution is 2.20. The summed E-state index contributed by atoms with van der Waals surface area (Å²) < 4.78 is 0. The Balaban J connectivity index is 1.79. The van der Waals surface area contributed by atoms with Gasteiger partial charge in [0.25, 0.3) is 0 Å². The van der Waals surface area contributed by atoms with Gasteiger partial charge < -0.3 is 10.6 Å². The van der Waals surface area contributed by atoms with Crippen molar-refractivity contribution in [2.24, 2.45) is 0 Å². The zero-order valence-corrected chi connectivity index (χ0v) is 11.3. The van der Waals surface area contributed by atoms with Crippen LogP contribution in [0, 0.1) is 0 Å². The summed E-state index contributed by atoms with van der Waals surface area (Å²) in [5.41, 5.74) is 3.58. The molecule has 0 aromatic heterocycles. The van der Waals surface area contributed by atoms with E-state index >= 15 is 0 Å². The van der Waals surface area contributed by atoms with E-state index < -0.39 is 0 Å². The third-order valence-corrected chi connectivity index (χ3v) is 3.61. The van der Waals surface area contributed by atoms with Crippen molar-refractivity contribution in [2.75, 3.05) is 13.1 Å². The van der Waals surface area contributed by atoms with E-state index in [0.717, 1.165) is 19.5 Å². The van der Waals surface area contributed by atoms with Gasteiger partial charge in [0.05, 0.1) is 6.04 Å². The lowest BCUT2D eigenvalue weighted by atomic mass is 9.98. The van der Waals surface area contributed by atoms with E-state index in [1.807, 2.05) is 18.2 Å². The number of hydrogen-bond donors (Lipinski definition) is 2. The first-order valence-corrected chi connectivity index (χ1v) is 6.98. The van der Waals surface area contributed by atoms with Gasteiger partial charge in [0.2, 0.25) is 5.91 Å². The van der Waals surface area contributed by atoms with Crippen LogP contribution in [0.4, 0.5) is 0 Å². The molecular formula is C17H18N2O. The van der Waals surface area contributed by atoms with Crippen molar-refractivity contribution in [1.82, 2.24) is 10.6 Å². The molecule has 2 N–H and O–H groups in total. The Morgan fingerprint density at radius 3 is 2.55 bits per heavy atom. The fourth-order valence-electron chi connectivity index (χ4n) is 2.56. The Morgan fingerprint density at radius 2 is 1.75 bits per heavy atom. The van der Waals surface area contributed by atoms with Crippen LogP contribution >= 0.6 is 0 Å². The van der Waals surface area contributed by atoms with E-state index in [1.54, 1.807) is 0 Å². The minimum atomic E-state index is -0.116. The first kappa shape index (κ1) is 12.9. The van der Waals surface area contributed by atoms with Gasteiger partial charge >= 0.3 is 0 Å². The molecule has 1 saturated heterocycles. The molecule has 0 unspecified atom stereocenters. The third kappa shape index (κ3) is 2.89. The van der Waals surface area contributed by atoms with Gasteiger partial charge in [0.15, 0.2) is 0 Å². The highest BCUT2D eigenvalue weighted by atomic mass is 16.2. The van der Waals surface area contributed by atoms with Crippen LogP contribution in [0.2, 0.25) is 0 Å². The van der Waals surface area contributed by atoms with Crippen LogP contribution in [0.5, 0.6) is 0 Å². The maximum Gasteiger partial charge on any atom is 0.237 e. The fourth-order valence-corrected chi connectivity index (χ4v) is 2.56. The second-order valence-corrected chi connectivity index (χ2v) is 5.07. The lowest BCUT2D eigenvalue weighted by Gasteiger charge is -2.23. The summed E-state index contributed by atoms with van der Waals surface area (Å²) >= 11 is 0. The number of carbonyl (C=O) groups is 1. The topological polar surface area (TPSA) is 41.1 Å². The lowest BCUT2D eigenvalue weighted by Crippen LogP contribution is -2.53. The summed E-state index contributed by atoms with van der Waals surface area (Å²) in [6.07, 6.45) is 0.729. The van der Waals surface area contributed by atoms with Gasteiger partial charge in [-0.25, -0.2) is 0 Å². The smallest absolute Gasteiger partial charge is 0.237 e. The van der Waals surface area contributed by atoms with Gasteiger partial charge in [-0.05, 0) is 23.1 Å². The Morgan fingerprint density at radius 1 is 0.950 bits per heavy atom. The molecule has 3 rings (SSSR count). The van der Waals surface area contributed by atoms with Crippen LogP contribution in [0.1, 0.15) is 5.56 Å². The van der Waals surface area contributed by atoms with E-state index in [9.17, 15) is 4.79 Å². The maximum absolute atomic E-state index is 11.8. The van der Waals surface area contributed by atoms with Crippen molar-refractivity contribution in [3.8, 4) is 11.1 Å². The molecule has 3 nitrogen and oxygen atoms in total. The Kier molecular flexibility index (Phi) is 3.79. The quantitative estimate of drug-likeness (QED) is 0.892. The van der Waals surface area contributed by atoms with Gasteiger partial charge in [-0.2, -0.15) is 0 Å². The van der Waals surface area contributed by atoms with Gasteiger partial charge in [0.1, 0.15) is 0 Å². The van der Waals surface area contributed by atoms with E-state index in [1.165, 1.54) is 16.7 Å². The molecule has 1 fully saturated rings. The standard InChI is InChI=1S/C17H18N2O/c20-17-16(18-9-10-19-17)12-13-5-4-8-15(11-13)14-6-2-1-3-7-14/h1-8,11,16,18H,9-10,12H2,(H,19,20)/t16-/m1/s1. The van der Waals surface area contributed by atoms with Crippen molar-refractivity contribution >= 4 is 5.91 Å². The van der Waals surface area contributed by atoms with E-state index in [-0.39, 0.29) is 11.9 Å². The van der Waals surface area contributed by atoms with E-state index in [4.69, 9.17) is 0 Å². The predicted molar refractivity (Wildman–Crippen MR) is 80.4 cm³/mol. The number of piperazine rings is 1. The average Bonchev–Trinajstić information content (AvgIpc) is 2.51. The number of amides is 1. The van der Waals surface area contributed by atoms with Crippen LogP contribution in [0.15, 0.2) is 54.6 Å². The van der Waals surface area contributed by atoms with Crippen molar-refractivity contribution < 1.29 is 4.79 Å². The Bertz CT molecular complexity index is 595. The molecule has 0 bridgehead atoms. The first-order valence-electron chi connectivity index (χ1n) is 6.98. The van der Waals surface area contributed by atoms with Gasteiger partial charge in [-0.3, -0.25) is 4.79 Å². The zero-order chi connectivity index (χ0) is 13.8. The number of benzene rings is 2. The summed E-state index contributed by atoms with van der Waals surface area (Å²) in [5, 5.41) is 6.16.